The lowest BCUT2D eigenvalue weighted by atomic mass is 9.92. The fourth-order valence-corrected chi connectivity index (χ4v) is 3.82. The first kappa shape index (κ1) is 27.8. The number of unbranched alkanes of at least 4 members (excludes halogenated alkanes) is 1. The number of nitrogens with zero attached hydrogens (tertiary/aromatic N) is 3. The van der Waals surface area contributed by atoms with E-state index in [9.17, 15) is 9.59 Å². The second kappa shape index (κ2) is 12.4. The van der Waals surface area contributed by atoms with Gasteiger partial charge in [0.15, 0.2) is 0 Å². The summed E-state index contributed by atoms with van der Waals surface area (Å²) in [6, 6.07) is 16.7. The van der Waals surface area contributed by atoms with Crippen LogP contribution in [0.2, 0.25) is 0 Å². The second-order valence-electron chi connectivity index (χ2n) is 10.0. The number of benzene rings is 2. The minimum atomic E-state index is -0.349. The number of ether oxygens (including phenoxy) is 1. The molecular formula is C29H39N5O3. The smallest absolute Gasteiger partial charge is 0.322 e. The highest BCUT2D eigenvalue weighted by Crippen LogP contribution is 2.28. The number of rotatable bonds is 10. The molecule has 0 bridgehead atoms. The highest BCUT2D eigenvalue weighted by atomic mass is 16.5. The molecule has 0 aliphatic carbocycles. The molecule has 198 valence electrons. The van der Waals surface area contributed by atoms with Gasteiger partial charge in [0, 0.05) is 18.0 Å². The van der Waals surface area contributed by atoms with Gasteiger partial charge in [0.05, 0.1) is 23.7 Å². The van der Waals surface area contributed by atoms with E-state index in [-0.39, 0.29) is 23.9 Å². The van der Waals surface area contributed by atoms with Gasteiger partial charge in [0.2, 0.25) is 5.91 Å². The molecule has 0 atom stereocenters. The molecule has 1 heterocycles. The first-order valence-electron chi connectivity index (χ1n) is 12.9. The van der Waals surface area contributed by atoms with Gasteiger partial charge in [-0.2, -0.15) is 5.10 Å². The van der Waals surface area contributed by atoms with Gasteiger partial charge < -0.3 is 20.3 Å². The Kier molecular flexibility index (Phi) is 9.33. The Balaban J connectivity index is 1.82. The monoisotopic (exact) mass is 505 g/mol. The maximum atomic E-state index is 13.2. The van der Waals surface area contributed by atoms with Crippen LogP contribution in [0.25, 0.3) is 5.69 Å². The average molecular weight is 506 g/mol. The average Bonchev–Trinajstić information content (AvgIpc) is 3.27. The maximum absolute atomic E-state index is 13.2. The number of anilines is 2. The van der Waals surface area contributed by atoms with Gasteiger partial charge in [-0.25, -0.2) is 9.48 Å². The summed E-state index contributed by atoms with van der Waals surface area (Å²) in [5.74, 6) is 0.872. The molecule has 0 saturated heterocycles. The summed E-state index contributed by atoms with van der Waals surface area (Å²) in [6.45, 7) is 13.1. The van der Waals surface area contributed by atoms with Gasteiger partial charge in [-0.3, -0.25) is 4.79 Å². The van der Waals surface area contributed by atoms with Crippen molar-refractivity contribution < 1.29 is 14.3 Å². The van der Waals surface area contributed by atoms with Crippen molar-refractivity contribution in [1.29, 1.82) is 0 Å². The molecule has 2 N–H and O–H groups in total. The lowest BCUT2D eigenvalue weighted by Gasteiger charge is -2.23. The third-order valence-corrected chi connectivity index (χ3v) is 5.92. The topological polar surface area (TPSA) is 88.5 Å². The van der Waals surface area contributed by atoms with E-state index in [2.05, 4.69) is 38.3 Å². The van der Waals surface area contributed by atoms with Crippen LogP contribution >= 0.6 is 0 Å². The largest absolute Gasteiger partial charge is 0.492 e. The van der Waals surface area contributed by atoms with Crippen molar-refractivity contribution in [3.63, 3.8) is 0 Å². The standard InChI is InChI=1S/C29H39N5O3/c1-7-9-18-33(28(36)30-22-15-11-13-17-24(22)37-8-2)20-27(35)31-26-19-25(29(4,5)6)32-34(26)23-16-12-10-14-21(23)3/h10-17,19H,7-9,18,20H2,1-6H3,(H,30,36)(H,31,35). The summed E-state index contributed by atoms with van der Waals surface area (Å²) in [4.78, 5) is 28.0. The number of nitrogens with one attached hydrogen (secondary N) is 2. The van der Waals surface area contributed by atoms with E-state index in [0.29, 0.717) is 30.4 Å². The first-order valence-corrected chi connectivity index (χ1v) is 12.9. The van der Waals surface area contributed by atoms with E-state index in [1.165, 1.54) is 4.90 Å². The summed E-state index contributed by atoms with van der Waals surface area (Å²) >= 11 is 0. The molecule has 2 aromatic carbocycles. The minimum absolute atomic E-state index is 0.0908. The molecule has 0 fully saturated rings. The van der Waals surface area contributed by atoms with Crippen LogP contribution in [0.4, 0.5) is 16.3 Å². The number of carbonyl (C=O) groups is 2. The van der Waals surface area contributed by atoms with Crippen LogP contribution in [0.1, 0.15) is 58.7 Å². The predicted molar refractivity (Wildman–Crippen MR) is 149 cm³/mol. The first-order chi connectivity index (χ1) is 17.6. The summed E-state index contributed by atoms with van der Waals surface area (Å²) in [5.41, 5.74) is 3.16. The Morgan fingerprint density at radius 1 is 1.03 bits per heavy atom. The molecule has 8 nitrogen and oxygen atoms in total. The maximum Gasteiger partial charge on any atom is 0.322 e. The van der Waals surface area contributed by atoms with Gasteiger partial charge >= 0.3 is 6.03 Å². The van der Waals surface area contributed by atoms with Crippen molar-refractivity contribution >= 4 is 23.4 Å². The van der Waals surface area contributed by atoms with Crippen LogP contribution < -0.4 is 15.4 Å². The molecular weight excluding hydrogens is 466 g/mol. The van der Waals surface area contributed by atoms with Crippen LogP contribution in [-0.4, -0.2) is 46.3 Å². The van der Waals surface area contributed by atoms with Crippen molar-refractivity contribution in [2.24, 2.45) is 0 Å². The van der Waals surface area contributed by atoms with Gasteiger partial charge in [0.1, 0.15) is 18.1 Å². The zero-order valence-corrected chi connectivity index (χ0v) is 22.8. The summed E-state index contributed by atoms with van der Waals surface area (Å²) in [6.07, 6.45) is 1.68. The Morgan fingerprint density at radius 3 is 2.41 bits per heavy atom. The third kappa shape index (κ3) is 7.35. The number of aromatic nitrogens is 2. The zero-order valence-electron chi connectivity index (χ0n) is 22.8. The molecule has 0 aliphatic heterocycles. The van der Waals surface area contributed by atoms with E-state index in [1.807, 2.05) is 62.4 Å². The highest BCUT2D eigenvalue weighted by molar-refractivity contribution is 5.97. The van der Waals surface area contributed by atoms with Crippen molar-refractivity contribution in [1.82, 2.24) is 14.7 Å². The Morgan fingerprint density at radius 2 is 1.73 bits per heavy atom. The summed E-state index contributed by atoms with van der Waals surface area (Å²) in [5, 5.41) is 10.7. The van der Waals surface area contributed by atoms with Crippen molar-refractivity contribution in [2.45, 2.75) is 59.8 Å². The van der Waals surface area contributed by atoms with Crippen LogP contribution in [0, 0.1) is 6.92 Å². The Bertz CT molecular complexity index is 1210. The number of carbonyl (C=O) groups excluding carboxylic acids is 2. The molecule has 0 radical (unpaired) electrons. The normalized spacial score (nSPS) is 11.2. The van der Waals surface area contributed by atoms with Crippen LogP contribution in [-0.2, 0) is 10.2 Å². The molecule has 3 rings (SSSR count). The quantitative estimate of drug-likeness (QED) is 0.346. The molecule has 37 heavy (non-hydrogen) atoms. The summed E-state index contributed by atoms with van der Waals surface area (Å²) in [7, 11) is 0. The number of urea groups is 1. The molecule has 0 saturated carbocycles. The molecule has 0 unspecified atom stereocenters. The van der Waals surface area contributed by atoms with Crippen LogP contribution in [0.5, 0.6) is 5.75 Å². The number of hydrogen-bond acceptors (Lipinski definition) is 4. The fraction of sp³-hybridized carbons (Fsp3) is 0.414. The molecule has 8 heteroatoms. The van der Waals surface area contributed by atoms with E-state index in [1.54, 1.807) is 10.7 Å². The predicted octanol–water partition coefficient (Wildman–Crippen LogP) is 6.15. The molecule has 0 aliphatic rings. The van der Waals surface area contributed by atoms with Crippen molar-refractivity contribution in [2.75, 3.05) is 30.3 Å². The number of aryl methyl sites for hydroxylation is 1. The van der Waals surface area contributed by atoms with Gasteiger partial charge in [-0.15, -0.1) is 0 Å². The molecule has 0 spiro atoms. The number of amides is 3. The van der Waals surface area contributed by atoms with E-state index >= 15 is 0 Å². The minimum Gasteiger partial charge on any atom is -0.492 e. The van der Waals surface area contributed by atoms with Crippen LogP contribution in [0.15, 0.2) is 54.6 Å². The summed E-state index contributed by atoms with van der Waals surface area (Å²) < 4.78 is 7.40. The lowest BCUT2D eigenvalue weighted by molar-refractivity contribution is -0.116. The van der Waals surface area contributed by atoms with Gasteiger partial charge in [-0.05, 0) is 44.0 Å². The zero-order chi connectivity index (χ0) is 27.0. The molecule has 3 aromatic rings. The Hall–Kier alpha value is -3.81. The van der Waals surface area contributed by atoms with Crippen LogP contribution in [0.3, 0.4) is 0 Å². The van der Waals surface area contributed by atoms with Crippen molar-refractivity contribution in [3.8, 4) is 11.4 Å². The van der Waals surface area contributed by atoms with Gasteiger partial charge in [-0.1, -0.05) is 64.4 Å². The number of para-hydroxylation sites is 3. The fourth-order valence-electron chi connectivity index (χ4n) is 3.82. The van der Waals surface area contributed by atoms with E-state index in [0.717, 1.165) is 29.8 Å². The van der Waals surface area contributed by atoms with E-state index in [4.69, 9.17) is 9.84 Å². The van der Waals surface area contributed by atoms with E-state index < -0.39 is 0 Å². The third-order valence-electron chi connectivity index (χ3n) is 5.92. The van der Waals surface area contributed by atoms with Gasteiger partial charge in [0.25, 0.3) is 0 Å². The van der Waals surface area contributed by atoms with Crippen molar-refractivity contribution in [3.05, 3.63) is 65.9 Å². The molecule has 3 amide bonds. The SMILES string of the molecule is CCCCN(CC(=O)Nc1cc(C(C)(C)C)nn1-c1ccccc1C)C(=O)Nc1ccccc1OCC. The molecule has 1 aromatic heterocycles. The highest BCUT2D eigenvalue weighted by Gasteiger charge is 2.24. The second-order valence-corrected chi connectivity index (χ2v) is 10.0. The Labute approximate surface area is 220 Å². The number of hydrogen-bond donors (Lipinski definition) is 2. The lowest BCUT2D eigenvalue weighted by Crippen LogP contribution is -2.41.